The summed E-state index contributed by atoms with van der Waals surface area (Å²) in [5, 5.41) is 2.63. The molecule has 0 aliphatic rings. The van der Waals surface area contributed by atoms with E-state index in [2.05, 4.69) is 16.2 Å². The lowest BCUT2D eigenvalue weighted by atomic mass is 10.2. The van der Waals surface area contributed by atoms with Gasteiger partial charge in [0.15, 0.2) is 0 Å². The zero-order chi connectivity index (χ0) is 12.7. The van der Waals surface area contributed by atoms with Gasteiger partial charge >= 0.3 is 0 Å². The molecule has 5 heteroatoms. The van der Waals surface area contributed by atoms with E-state index in [0.29, 0.717) is 18.2 Å². The van der Waals surface area contributed by atoms with Crippen LogP contribution < -0.4 is 15.8 Å². The average molecular weight is 233 g/mol. The van der Waals surface area contributed by atoms with Crippen molar-refractivity contribution in [2.24, 2.45) is 5.73 Å². The Labute approximate surface area is 100 Å². The van der Waals surface area contributed by atoms with E-state index in [-0.39, 0.29) is 12.3 Å². The smallest absolute Gasteiger partial charge is 0.242 e. The molecule has 0 saturated heterocycles. The van der Waals surface area contributed by atoms with Gasteiger partial charge in [0.25, 0.3) is 0 Å². The zero-order valence-electron chi connectivity index (χ0n) is 9.64. The lowest BCUT2D eigenvalue weighted by Crippen LogP contribution is -2.35. The number of pyridine rings is 1. The van der Waals surface area contributed by atoms with Crippen LogP contribution in [0.5, 0.6) is 5.88 Å². The van der Waals surface area contributed by atoms with Gasteiger partial charge in [-0.2, -0.15) is 0 Å². The van der Waals surface area contributed by atoms with Gasteiger partial charge in [0.1, 0.15) is 5.69 Å². The lowest BCUT2D eigenvalue weighted by molar-refractivity contribution is -0.117. The molecule has 0 fully saturated rings. The SMILES string of the molecule is C#CCC(N)C(=O)Nc1cccnc1OCC. The van der Waals surface area contributed by atoms with E-state index in [0.717, 1.165) is 0 Å². The summed E-state index contributed by atoms with van der Waals surface area (Å²) in [6.07, 6.45) is 6.87. The number of anilines is 1. The second kappa shape index (κ2) is 6.51. The van der Waals surface area contributed by atoms with Crippen LogP contribution in [0.15, 0.2) is 18.3 Å². The van der Waals surface area contributed by atoms with E-state index in [9.17, 15) is 4.79 Å². The van der Waals surface area contributed by atoms with Crippen LogP contribution in [0.25, 0.3) is 0 Å². The van der Waals surface area contributed by atoms with Gasteiger partial charge in [0.05, 0.1) is 12.6 Å². The number of ether oxygens (including phenoxy) is 1. The highest BCUT2D eigenvalue weighted by atomic mass is 16.5. The minimum absolute atomic E-state index is 0.191. The molecule has 0 aromatic carbocycles. The van der Waals surface area contributed by atoms with Crippen LogP contribution in [0.4, 0.5) is 5.69 Å². The van der Waals surface area contributed by atoms with Crippen LogP contribution in [-0.2, 0) is 4.79 Å². The molecule has 1 unspecified atom stereocenters. The Morgan fingerprint density at radius 3 is 3.18 bits per heavy atom. The molecule has 0 radical (unpaired) electrons. The van der Waals surface area contributed by atoms with Crippen LogP contribution >= 0.6 is 0 Å². The molecule has 1 aromatic rings. The molecule has 17 heavy (non-hydrogen) atoms. The van der Waals surface area contributed by atoms with Crippen molar-refractivity contribution in [3.63, 3.8) is 0 Å². The molecule has 3 N–H and O–H groups in total. The fourth-order valence-corrected chi connectivity index (χ4v) is 1.18. The number of aromatic nitrogens is 1. The van der Waals surface area contributed by atoms with Crippen molar-refractivity contribution in [3.8, 4) is 18.2 Å². The van der Waals surface area contributed by atoms with Gasteiger partial charge in [-0.3, -0.25) is 4.79 Å². The highest BCUT2D eigenvalue weighted by Gasteiger charge is 2.14. The molecule has 0 aliphatic heterocycles. The minimum atomic E-state index is -0.727. The largest absolute Gasteiger partial charge is 0.476 e. The molecular weight excluding hydrogens is 218 g/mol. The summed E-state index contributed by atoms with van der Waals surface area (Å²) in [5.41, 5.74) is 6.08. The molecule has 0 saturated carbocycles. The highest BCUT2D eigenvalue weighted by molar-refractivity contribution is 5.95. The van der Waals surface area contributed by atoms with Crippen LogP contribution in [0.2, 0.25) is 0 Å². The number of nitrogens with two attached hydrogens (primary N) is 1. The monoisotopic (exact) mass is 233 g/mol. The first-order chi connectivity index (χ1) is 8.19. The number of nitrogens with zero attached hydrogens (tertiary/aromatic N) is 1. The number of hydrogen-bond donors (Lipinski definition) is 2. The Kier molecular flexibility index (Phi) is 4.98. The van der Waals surface area contributed by atoms with Crippen molar-refractivity contribution >= 4 is 11.6 Å². The van der Waals surface area contributed by atoms with Gasteiger partial charge in [-0.15, -0.1) is 12.3 Å². The maximum Gasteiger partial charge on any atom is 0.242 e. The van der Waals surface area contributed by atoms with E-state index < -0.39 is 6.04 Å². The van der Waals surface area contributed by atoms with Crippen molar-refractivity contribution in [2.75, 3.05) is 11.9 Å². The van der Waals surface area contributed by atoms with Crippen molar-refractivity contribution in [2.45, 2.75) is 19.4 Å². The lowest BCUT2D eigenvalue weighted by Gasteiger charge is -2.12. The van der Waals surface area contributed by atoms with Gasteiger partial charge < -0.3 is 15.8 Å². The van der Waals surface area contributed by atoms with E-state index in [1.54, 1.807) is 18.3 Å². The van der Waals surface area contributed by atoms with Gasteiger partial charge in [-0.1, -0.05) is 0 Å². The molecule has 1 heterocycles. The predicted octanol–water partition coefficient (Wildman–Crippen LogP) is 0.769. The summed E-state index contributed by atoms with van der Waals surface area (Å²) >= 11 is 0. The third-order valence-corrected chi connectivity index (χ3v) is 1.98. The first kappa shape index (κ1) is 13.0. The number of hydrogen-bond acceptors (Lipinski definition) is 4. The summed E-state index contributed by atoms with van der Waals surface area (Å²) in [6.45, 7) is 2.31. The Bertz CT molecular complexity index is 426. The second-order valence-corrected chi connectivity index (χ2v) is 3.29. The Morgan fingerprint density at radius 1 is 1.76 bits per heavy atom. The third kappa shape index (κ3) is 3.78. The molecule has 0 bridgehead atoms. The standard InChI is InChI=1S/C12H15N3O2/c1-3-6-9(13)11(16)15-10-7-5-8-14-12(10)17-4-2/h1,5,7-9H,4,6,13H2,2H3,(H,15,16). The molecule has 0 aliphatic carbocycles. The van der Waals surface area contributed by atoms with Crippen molar-refractivity contribution in [3.05, 3.63) is 18.3 Å². The van der Waals surface area contributed by atoms with Crippen LogP contribution in [0, 0.1) is 12.3 Å². The van der Waals surface area contributed by atoms with E-state index in [1.807, 2.05) is 6.92 Å². The molecular formula is C12H15N3O2. The first-order valence-corrected chi connectivity index (χ1v) is 5.26. The summed E-state index contributed by atoms with van der Waals surface area (Å²) < 4.78 is 5.27. The summed E-state index contributed by atoms with van der Waals surface area (Å²) in [5.74, 6) is 2.36. The first-order valence-electron chi connectivity index (χ1n) is 5.26. The molecule has 1 rings (SSSR count). The highest BCUT2D eigenvalue weighted by Crippen LogP contribution is 2.20. The minimum Gasteiger partial charge on any atom is -0.476 e. The second-order valence-electron chi connectivity index (χ2n) is 3.29. The maximum atomic E-state index is 11.6. The van der Waals surface area contributed by atoms with Gasteiger partial charge in [0, 0.05) is 12.6 Å². The van der Waals surface area contributed by atoms with Crippen molar-refractivity contribution < 1.29 is 9.53 Å². The average Bonchev–Trinajstić information content (AvgIpc) is 2.32. The quantitative estimate of drug-likeness (QED) is 0.736. The summed E-state index contributed by atoms with van der Waals surface area (Å²) in [6, 6.07) is 2.67. The van der Waals surface area contributed by atoms with Gasteiger partial charge in [-0.25, -0.2) is 4.98 Å². The number of terminal acetylenes is 1. The molecule has 0 spiro atoms. The van der Waals surface area contributed by atoms with Crippen LogP contribution in [-0.4, -0.2) is 23.5 Å². The number of nitrogens with one attached hydrogen (secondary N) is 1. The van der Waals surface area contributed by atoms with Gasteiger partial charge in [0.2, 0.25) is 11.8 Å². The molecule has 90 valence electrons. The molecule has 1 aromatic heterocycles. The van der Waals surface area contributed by atoms with E-state index in [1.165, 1.54) is 0 Å². The maximum absolute atomic E-state index is 11.6. The molecule has 5 nitrogen and oxygen atoms in total. The zero-order valence-corrected chi connectivity index (χ0v) is 9.64. The van der Waals surface area contributed by atoms with Crippen molar-refractivity contribution in [1.82, 2.24) is 4.98 Å². The Balaban J connectivity index is 2.74. The van der Waals surface area contributed by atoms with E-state index in [4.69, 9.17) is 16.9 Å². The summed E-state index contributed by atoms with van der Waals surface area (Å²) in [7, 11) is 0. The normalized spacial score (nSPS) is 11.4. The number of amides is 1. The predicted molar refractivity (Wildman–Crippen MR) is 65.5 cm³/mol. The fraction of sp³-hybridized carbons (Fsp3) is 0.333. The molecule has 1 amide bonds. The topological polar surface area (TPSA) is 77.2 Å². The molecule has 1 atom stereocenters. The van der Waals surface area contributed by atoms with Crippen LogP contribution in [0.3, 0.4) is 0 Å². The van der Waals surface area contributed by atoms with E-state index >= 15 is 0 Å². The Morgan fingerprint density at radius 2 is 2.53 bits per heavy atom. The number of carbonyl (C=O) groups excluding carboxylic acids is 1. The summed E-state index contributed by atoms with van der Waals surface area (Å²) in [4.78, 5) is 15.7. The fourth-order valence-electron chi connectivity index (χ4n) is 1.18. The van der Waals surface area contributed by atoms with Crippen molar-refractivity contribution in [1.29, 1.82) is 0 Å². The number of carbonyl (C=O) groups is 1. The Hall–Kier alpha value is -2.06. The number of rotatable bonds is 5. The van der Waals surface area contributed by atoms with Crippen LogP contribution in [0.1, 0.15) is 13.3 Å². The third-order valence-electron chi connectivity index (χ3n) is 1.98. The van der Waals surface area contributed by atoms with Gasteiger partial charge in [-0.05, 0) is 19.1 Å².